The number of nitrogens with one attached hydrogen (secondary N) is 2. The number of hydrogen-bond donors (Lipinski definition) is 2. The van der Waals surface area contributed by atoms with E-state index < -0.39 is 24.0 Å². The number of nitrogens with zero attached hydrogens (tertiary/aromatic N) is 1. The number of anilines is 1. The number of carbonyl (C=O) groups excluding carboxylic acids is 3. The molecular weight excluding hydrogens is 274 g/mol. The lowest BCUT2D eigenvalue weighted by molar-refractivity contribution is -0.127. The molecule has 2 N–H and O–H groups in total. The van der Waals surface area contributed by atoms with Gasteiger partial charge < -0.3 is 15.0 Å². The lowest BCUT2D eigenvalue weighted by atomic mass is 10.2. The van der Waals surface area contributed by atoms with Crippen LogP contribution in [0.2, 0.25) is 0 Å². The van der Waals surface area contributed by atoms with Crippen LogP contribution in [-0.2, 0) is 9.53 Å². The van der Waals surface area contributed by atoms with Crippen LogP contribution in [0.5, 0.6) is 0 Å². The zero-order chi connectivity index (χ0) is 16.0. The predicted octanol–water partition coefficient (Wildman–Crippen LogP) is 0.753. The molecule has 1 aromatic carbocycles. The van der Waals surface area contributed by atoms with E-state index in [1.54, 1.807) is 18.2 Å². The van der Waals surface area contributed by atoms with E-state index >= 15 is 0 Å². The SMILES string of the molecule is CNC(=O)NC(=O)[C@@H](C)OC(=O)c1cccc(N(C)C)c1. The second kappa shape index (κ2) is 7.28. The van der Waals surface area contributed by atoms with Crippen LogP contribution in [0.4, 0.5) is 10.5 Å². The third-order valence-electron chi connectivity index (χ3n) is 2.72. The van der Waals surface area contributed by atoms with Crippen molar-refractivity contribution in [2.24, 2.45) is 0 Å². The standard InChI is InChI=1S/C14H19N3O4/c1-9(12(18)16-14(20)15-2)21-13(19)10-6-5-7-11(8-10)17(3)4/h5-9H,1-4H3,(H2,15,16,18,20)/t9-/m1/s1. The fourth-order valence-corrected chi connectivity index (χ4v) is 1.47. The molecule has 0 aromatic heterocycles. The highest BCUT2D eigenvalue weighted by molar-refractivity contribution is 5.98. The maximum Gasteiger partial charge on any atom is 0.338 e. The van der Waals surface area contributed by atoms with Crippen LogP contribution < -0.4 is 15.5 Å². The highest BCUT2D eigenvalue weighted by atomic mass is 16.5. The van der Waals surface area contributed by atoms with Gasteiger partial charge in [0, 0.05) is 26.8 Å². The number of rotatable bonds is 4. The molecule has 1 rings (SSSR count). The molecule has 7 nitrogen and oxygen atoms in total. The second-order valence-electron chi connectivity index (χ2n) is 4.56. The van der Waals surface area contributed by atoms with Gasteiger partial charge in [-0.25, -0.2) is 9.59 Å². The molecule has 0 saturated heterocycles. The van der Waals surface area contributed by atoms with E-state index in [1.165, 1.54) is 14.0 Å². The van der Waals surface area contributed by atoms with Crippen molar-refractivity contribution in [3.05, 3.63) is 29.8 Å². The van der Waals surface area contributed by atoms with Gasteiger partial charge in [0.1, 0.15) is 0 Å². The minimum atomic E-state index is -1.07. The molecular formula is C14H19N3O4. The molecule has 0 saturated carbocycles. The van der Waals surface area contributed by atoms with Gasteiger partial charge >= 0.3 is 12.0 Å². The number of amides is 3. The van der Waals surface area contributed by atoms with Gasteiger partial charge in [0.05, 0.1) is 5.56 Å². The van der Waals surface area contributed by atoms with Gasteiger partial charge in [0.2, 0.25) is 0 Å². The summed E-state index contributed by atoms with van der Waals surface area (Å²) >= 11 is 0. The Kier molecular flexibility index (Phi) is 5.71. The molecule has 1 aromatic rings. The molecule has 114 valence electrons. The van der Waals surface area contributed by atoms with Crippen LogP contribution in [0.3, 0.4) is 0 Å². The van der Waals surface area contributed by atoms with Gasteiger partial charge in [-0.05, 0) is 25.1 Å². The maximum absolute atomic E-state index is 12.0. The number of benzene rings is 1. The lowest BCUT2D eigenvalue weighted by Crippen LogP contribution is -2.43. The molecule has 0 aliphatic carbocycles. The van der Waals surface area contributed by atoms with Gasteiger partial charge in [-0.2, -0.15) is 0 Å². The summed E-state index contributed by atoms with van der Waals surface area (Å²) in [6.07, 6.45) is -1.07. The Balaban J connectivity index is 2.70. The molecule has 0 unspecified atom stereocenters. The van der Waals surface area contributed by atoms with E-state index in [0.717, 1.165) is 5.69 Å². The van der Waals surface area contributed by atoms with Crippen molar-refractivity contribution in [2.45, 2.75) is 13.0 Å². The molecule has 0 heterocycles. The highest BCUT2D eigenvalue weighted by Gasteiger charge is 2.20. The highest BCUT2D eigenvalue weighted by Crippen LogP contribution is 2.14. The Hall–Kier alpha value is -2.57. The summed E-state index contributed by atoms with van der Waals surface area (Å²) < 4.78 is 5.03. The predicted molar refractivity (Wildman–Crippen MR) is 78.2 cm³/mol. The molecule has 0 radical (unpaired) electrons. The summed E-state index contributed by atoms with van der Waals surface area (Å²) in [6, 6.07) is 6.17. The normalized spacial score (nSPS) is 11.2. The third-order valence-corrected chi connectivity index (χ3v) is 2.72. The van der Waals surface area contributed by atoms with Crippen LogP contribution in [0, 0.1) is 0 Å². The van der Waals surface area contributed by atoms with Crippen molar-refractivity contribution in [2.75, 3.05) is 26.0 Å². The van der Waals surface area contributed by atoms with Crippen molar-refractivity contribution in [3.63, 3.8) is 0 Å². The first kappa shape index (κ1) is 16.5. The number of urea groups is 1. The largest absolute Gasteiger partial charge is 0.449 e. The lowest BCUT2D eigenvalue weighted by Gasteiger charge is -2.15. The average Bonchev–Trinajstić information content (AvgIpc) is 2.46. The number of carbonyl (C=O) groups is 3. The Labute approximate surface area is 123 Å². The molecule has 7 heteroatoms. The summed E-state index contributed by atoms with van der Waals surface area (Å²) in [5, 5.41) is 4.28. The number of ether oxygens (including phenoxy) is 1. The molecule has 1 atom stereocenters. The number of imide groups is 1. The van der Waals surface area contributed by atoms with Crippen LogP contribution in [0.25, 0.3) is 0 Å². The van der Waals surface area contributed by atoms with Crippen molar-refractivity contribution in [1.82, 2.24) is 10.6 Å². The first-order chi connectivity index (χ1) is 9.85. The molecule has 0 fully saturated rings. The van der Waals surface area contributed by atoms with E-state index in [-0.39, 0.29) is 0 Å². The Bertz CT molecular complexity index is 543. The van der Waals surface area contributed by atoms with Gasteiger partial charge in [-0.3, -0.25) is 10.1 Å². The zero-order valence-corrected chi connectivity index (χ0v) is 12.5. The van der Waals surface area contributed by atoms with Gasteiger partial charge in [0.25, 0.3) is 5.91 Å². The summed E-state index contributed by atoms with van der Waals surface area (Å²) in [5.74, 6) is -1.32. The number of esters is 1. The number of hydrogen-bond acceptors (Lipinski definition) is 5. The topological polar surface area (TPSA) is 87.7 Å². The summed E-state index contributed by atoms with van der Waals surface area (Å²) in [7, 11) is 5.08. The Morgan fingerprint density at radius 1 is 1.24 bits per heavy atom. The van der Waals surface area contributed by atoms with Gasteiger partial charge in [0.15, 0.2) is 6.10 Å². The van der Waals surface area contributed by atoms with Crippen molar-refractivity contribution in [1.29, 1.82) is 0 Å². The van der Waals surface area contributed by atoms with Gasteiger partial charge in [-0.1, -0.05) is 6.07 Å². The fraction of sp³-hybridized carbons (Fsp3) is 0.357. The van der Waals surface area contributed by atoms with Crippen molar-refractivity contribution in [3.8, 4) is 0 Å². The smallest absolute Gasteiger partial charge is 0.338 e. The summed E-state index contributed by atoms with van der Waals surface area (Å²) in [6.45, 7) is 1.39. The van der Waals surface area contributed by atoms with Crippen LogP contribution >= 0.6 is 0 Å². The summed E-state index contributed by atoms with van der Waals surface area (Å²) in [4.78, 5) is 36.4. The minimum Gasteiger partial charge on any atom is -0.449 e. The Morgan fingerprint density at radius 3 is 2.48 bits per heavy atom. The molecule has 0 spiro atoms. The van der Waals surface area contributed by atoms with E-state index in [9.17, 15) is 14.4 Å². The molecule has 3 amide bonds. The molecule has 21 heavy (non-hydrogen) atoms. The van der Waals surface area contributed by atoms with Crippen molar-refractivity contribution < 1.29 is 19.1 Å². The van der Waals surface area contributed by atoms with Crippen LogP contribution in [0.1, 0.15) is 17.3 Å². The Morgan fingerprint density at radius 2 is 1.90 bits per heavy atom. The fourth-order valence-electron chi connectivity index (χ4n) is 1.47. The van der Waals surface area contributed by atoms with E-state index in [4.69, 9.17) is 4.74 Å². The van der Waals surface area contributed by atoms with Crippen LogP contribution in [-0.4, -0.2) is 45.2 Å². The van der Waals surface area contributed by atoms with E-state index in [2.05, 4.69) is 5.32 Å². The molecule has 0 aliphatic heterocycles. The summed E-state index contributed by atoms with van der Waals surface area (Å²) in [5.41, 5.74) is 1.17. The quantitative estimate of drug-likeness (QED) is 0.800. The second-order valence-corrected chi connectivity index (χ2v) is 4.56. The van der Waals surface area contributed by atoms with Gasteiger partial charge in [-0.15, -0.1) is 0 Å². The zero-order valence-electron chi connectivity index (χ0n) is 12.5. The van der Waals surface area contributed by atoms with E-state index in [1.807, 2.05) is 30.4 Å². The van der Waals surface area contributed by atoms with Crippen LogP contribution in [0.15, 0.2) is 24.3 Å². The third kappa shape index (κ3) is 4.79. The van der Waals surface area contributed by atoms with Crippen molar-refractivity contribution >= 4 is 23.6 Å². The monoisotopic (exact) mass is 293 g/mol. The molecule has 0 aliphatic rings. The average molecular weight is 293 g/mol. The molecule has 0 bridgehead atoms. The first-order valence-electron chi connectivity index (χ1n) is 6.36. The van der Waals surface area contributed by atoms with E-state index in [0.29, 0.717) is 5.56 Å². The maximum atomic E-state index is 12.0. The minimum absolute atomic E-state index is 0.334. The first-order valence-corrected chi connectivity index (χ1v) is 6.36.